The predicted octanol–water partition coefficient (Wildman–Crippen LogP) is 1.64. The van der Waals surface area contributed by atoms with Gasteiger partial charge < -0.3 is 4.74 Å². The van der Waals surface area contributed by atoms with Crippen molar-refractivity contribution in [1.29, 1.82) is 0 Å². The van der Waals surface area contributed by atoms with Gasteiger partial charge in [-0.2, -0.15) is 0 Å². The Labute approximate surface area is 116 Å². The van der Waals surface area contributed by atoms with Gasteiger partial charge in [0.15, 0.2) is 0 Å². The number of nitrogens with zero attached hydrogens (tertiary/aromatic N) is 1. The molecule has 1 heterocycles. The zero-order chi connectivity index (χ0) is 14.9. The highest BCUT2D eigenvalue weighted by molar-refractivity contribution is 6.52. The summed E-state index contributed by atoms with van der Waals surface area (Å²) >= 11 is 0. The van der Waals surface area contributed by atoms with E-state index in [4.69, 9.17) is 4.74 Å². The molecule has 104 valence electrons. The molecule has 1 aliphatic rings. The molecule has 0 fully saturated rings. The summed E-state index contributed by atoms with van der Waals surface area (Å²) in [7, 11) is 0. The van der Waals surface area contributed by atoms with Gasteiger partial charge in [-0.15, -0.1) is 0 Å². The normalized spacial score (nSPS) is 13.4. The van der Waals surface area contributed by atoms with E-state index in [0.717, 1.165) is 5.56 Å². The number of benzene rings is 1. The van der Waals surface area contributed by atoms with Crippen LogP contribution < -0.4 is 4.90 Å². The van der Waals surface area contributed by atoms with Gasteiger partial charge in [-0.1, -0.05) is 18.7 Å². The van der Waals surface area contributed by atoms with Gasteiger partial charge >= 0.3 is 5.97 Å². The van der Waals surface area contributed by atoms with Crippen LogP contribution in [0.2, 0.25) is 0 Å². The Bertz CT molecular complexity index is 618. The van der Waals surface area contributed by atoms with Crippen molar-refractivity contribution in [2.75, 3.05) is 18.1 Å². The number of ketones is 1. The number of rotatable bonds is 4. The minimum atomic E-state index is -0.639. The average Bonchev–Trinajstić information content (AvgIpc) is 2.65. The zero-order valence-electron chi connectivity index (χ0n) is 11.4. The number of Topliss-reactive ketones (excluding diaryl/α,β-unsaturated/α-hetero) is 1. The van der Waals surface area contributed by atoms with Gasteiger partial charge in [-0.25, -0.2) is 4.79 Å². The Morgan fingerprint density at radius 2 is 2.05 bits per heavy atom. The molecule has 1 aromatic rings. The first-order valence-electron chi connectivity index (χ1n) is 6.28. The van der Waals surface area contributed by atoms with E-state index in [9.17, 15) is 14.4 Å². The van der Waals surface area contributed by atoms with Crippen LogP contribution in [0.4, 0.5) is 5.69 Å². The molecule has 0 aliphatic carbocycles. The summed E-state index contributed by atoms with van der Waals surface area (Å²) in [5.41, 5.74) is 1.86. The molecule has 0 saturated heterocycles. The van der Waals surface area contributed by atoms with Gasteiger partial charge in [-0.3, -0.25) is 14.5 Å². The third kappa shape index (κ3) is 2.22. The zero-order valence-corrected chi connectivity index (χ0v) is 11.4. The number of anilines is 1. The Balaban J connectivity index is 2.31. The van der Waals surface area contributed by atoms with E-state index < -0.39 is 17.7 Å². The lowest BCUT2D eigenvalue weighted by molar-refractivity contribution is -0.138. The number of esters is 1. The van der Waals surface area contributed by atoms with Crippen molar-refractivity contribution in [3.63, 3.8) is 0 Å². The summed E-state index contributed by atoms with van der Waals surface area (Å²) in [6, 6.07) is 5.14. The molecule has 2 rings (SSSR count). The largest absolute Gasteiger partial charge is 0.463 e. The third-order valence-corrected chi connectivity index (χ3v) is 3.10. The highest BCUT2D eigenvalue weighted by Crippen LogP contribution is 2.32. The lowest BCUT2D eigenvalue weighted by atomic mass is 10.1. The number of carbonyl (C=O) groups excluding carboxylic acids is 3. The van der Waals surface area contributed by atoms with E-state index in [1.807, 2.05) is 13.0 Å². The minimum absolute atomic E-state index is 0.0404. The predicted molar refractivity (Wildman–Crippen MR) is 73.6 cm³/mol. The standard InChI is InChI=1S/C15H15NO4/c1-4-20-15(19)10(3)8-16-12-9(2)6-5-7-11(12)13(17)14(16)18/h5-7H,3-4,8H2,1-2H3. The van der Waals surface area contributed by atoms with Crippen molar-refractivity contribution < 1.29 is 19.1 Å². The van der Waals surface area contributed by atoms with Gasteiger partial charge in [0, 0.05) is 5.57 Å². The van der Waals surface area contributed by atoms with Crippen LogP contribution in [0.15, 0.2) is 30.4 Å². The average molecular weight is 273 g/mol. The van der Waals surface area contributed by atoms with E-state index in [0.29, 0.717) is 11.3 Å². The summed E-state index contributed by atoms with van der Waals surface area (Å²) in [5, 5.41) is 0. The van der Waals surface area contributed by atoms with Crippen LogP contribution in [0, 0.1) is 6.92 Å². The maximum absolute atomic E-state index is 12.0. The molecule has 0 N–H and O–H groups in total. The van der Waals surface area contributed by atoms with Crippen LogP contribution in [0.3, 0.4) is 0 Å². The molecular formula is C15H15NO4. The number of hydrogen-bond acceptors (Lipinski definition) is 4. The molecule has 20 heavy (non-hydrogen) atoms. The fourth-order valence-electron chi connectivity index (χ4n) is 2.18. The van der Waals surface area contributed by atoms with Gasteiger partial charge in [0.2, 0.25) is 0 Å². The number of aryl methyl sites for hydroxylation is 1. The van der Waals surface area contributed by atoms with Crippen molar-refractivity contribution in [2.45, 2.75) is 13.8 Å². The second-order valence-electron chi connectivity index (χ2n) is 4.52. The van der Waals surface area contributed by atoms with Gasteiger partial charge in [-0.05, 0) is 25.5 Å². The van der Waals surface area contributed by atoms with Crippen LogP contribution in [0.1, 0.15) is 22.8 Å². The van der Waals surface area contributed by atoms with Crippen LogP contribution in [-0.4, -0.2) is 30.8 Å². The van der Waals surface area contributed by atoms with Gasteiger partial charge in [0.05, 0.1) is 24.4 Å². The summed E-state index contributed by atoms with van der Waals surface area (Å²) in [6.45, 7) is 7.32. The number of para-hydroxylation sites is 1. The first kappa shape index (κ1) is 14.0. The lowest BCUT2D eigenvalue weighted by Crippen LogP contribution is -2.33. The van der Waals surface area contributed by atoms with Crippen molar-refractivity contribution in [1.82, 2.24) is 0 Å². The smallest absolute Gasteiger partial charge is 0.335 e. The topological polar surface area (TPSA) is 63.7 Å². The van der Waals surface area contributed by atoms with Gasteiger partial charge in [0.1, 0.15) is 0 Å². The van der Waals surface area contributed by atoms with Gasteiger partial charge in [0.25, 0.3) is 11.7 Å². The number of amides is 1. The molecule has 1 aliphatic heterocycles. The fraction of sp³-hybridized carbons (Fsp3) is 0.267. The molecule has 0 saturated carbocycles. The first-order chi connectivity index (χ1) is 9.47. The highest BCUT2D eigenvalue weighted by atomic mass is 16.5. The highest BCUT2D eigenvalue weighted by Gasteiger charge is 2.37. The van der Waals surface area contributed by atoms with Crippen molar-refractivity contribution in [3.8, 4) is 0 Å². The summed E-state index contributed by atoms with van der Waals surface area (Å²) in [4.78, 5) is 36.8. The molecule has 0 atom stereocenters. The van der Waals surface area contributed by atoms with E-state index >= 15 is 0 Å². The quantitative estimate of drug-likeness (QED) is 0.475. The Morgan fingerprint density at radius 3 is 2.70 bits per heavy atom. The number of ether oxygens (including phenoxy) is 1. The third-order valence-electron chi connectivity index (χ3n) is 3.10. The van der Waals surface area contributed by atoms with E-state index in [-0.39, 0.29) is 18.7 Å². The lowest BCUT2D eigenvalue weighted by Gasteiger charge is -2.18. The Kier molecular flexibility index (Phi) is 3.70. The fourth-order valence-corrected chi connectivity index (χ4v) is 2.18. The Hall–Kier alpha value is -2.43. The molecule has 0 radical (unpaired) electrons. The maximum atomic E-state index is 12.0. The van der Waals surface area contributed by atoms with Crippen molar-refractivity contribution in [2.24, 2.45) is 0 Å². The Morgan fingerprint density at radius 1 is 1.35 bits per heavy atom. The molecule has 1 aromatic carbocycles. The molecule has 0 spiro atoms. The summed E-state index contributed by atoms with van der Waals surface area (Å²) in [5.74, 6) is -1.75. The molecule has 0 aromatic heterocycles. The van der Waals surface area contributed by atoms with Crippen LogP contribution in [-0.2, 0) is 14.3 Å². The molecule has 5 heteroatoms. The van der Waals surface area contributed by atoms with Crippen LogP contribution in [0.5, 0.6) is 0 Å². The molecule has 1 amide bonds. The molecule has 0 bridgehead atoms. The SMILES string of the molecule is C=C(CN1C(=O)C(=O)c2cccc(C)c21)C(=O)OCC. The molecular weight excluding hydrogens is 258 g/mol. The van der Waals surface area contributed by atoms with Crippen LogP contribution >= 0.6 is 0 Å². The number of hydrogen-bond donors (Lipinski definition) is 0. The van der Waals surface area contributed by atoms with E-state index in [1.165, 1.54) is 4.90 Å². The van der Waals surface area contributed by atoms with E-state index in [2.05, 4.69) is 6.58 Å². The second kappa shape index (κ2) is 5.28. The van der Waals surface area contributed by atoms with Crippen LogP contribution in [0.25, 0.3) is 0 Å². The maximum Gasteiger partial charge on any atom is 0.335 e. The second-order valence-corrected chi connectivity index (χ2v) is 4.52. The summed E-state index contributed by atoms with van der Waals surface area (Å²) in [6.07, 6.45) is 0. The monoisotopic (exact) mass is 273 g/mol. The molecule has 0 unspecified atom stereocenters. The van der Waals surface area contributed by atoms with E-state index in [1.54, 1.807) is 19.1 Å². The number of carbonyl (C=O) groups is 3. The molecule has 5 nitrogen and oxygen atoms in total. The summed E-state index contributed by atoms with van der Waals surface area (Å²) < 4.78 is 4.83. The number of fused-ring (bicyclic) bond motifs is 1. The minimum Gasteiger partial charge on any atom is -0.463 e. The van der Waals surface area contributed by atoms with Crippen molar-refractivity contribution in [3.05, 3.63) is 41.5 Å². The first-order valence-corrected chi connectivity index (χ1v) is 6.28. The van der Waals surface area contributed by atoms with Crippen molar-refractivity contribution >= 4 is 23.3 Å².